The summed E-state index contributed by atoms with van der Waals surface area (Å²) in [4.78, 5) is 15.5. The number of ether oxygens (including phenoxy) is 1. The molecule has 5 heteroatoms. The van der Waals surface area contributed by atoms with Crippen molar-refractivity contribution in [1.82, 2.24) is 0 Å². The van der Waals surface area contributed by atoms with Crippen LogP contribution in [-0.2, 0) is 9.53 Å². The summed E-state index contributed by atoms with van der Waals surface area (Å²) in [7, 11) is 1.25. The van der Waals surface area contributed by atoms with Crippen molar-refractivity contribution < 1.29 is 14.6 Å². The number of hydrogen-bond acceptors (Lipinski definition) is 4. The quantitative estimate of drug-likeness (QED) is 0.297. The first-order valence-electron chi connectivity index (χ1n) is 6.03. The third-order valence-electron chi connectivity index (χ3n) is 2.39. The average molecular weight is 294 g/mol. The minimum atomic E-state index is -0.638. The largest absolute Gasteiger partial charge is 0.507 e. The highest BCUT2D eigenvalue weighted by Crippen LogP contribution is 2.12. The molecule has 0 aliphatic carbocycles. The lowest BCUT2D eigenvalue weighted by atomic mass is 10.1. The fourth-order valence-electron chi connectivity index (χ4n) is 1.35. The van der Waals surface area contributed by atoms with E-state index < -0.39 is 5.97 Å². The van der Waals surface area contributed by atoms with E-state index in [2.05, 4.69) is 9.73 Å². The molecule has 106 valence electrons. The van der Waals surface area contributed by atoms with Crippen LogP contribution < -0.4 is 0 Å². The van der Waals surface area contributed by atoms with Crippen LogP contribution in [0.4, 0.5) is 0 Å². The van der Waals surface area contributed by atoms with Crippen molar-refractivity contribution in [3.63, 3.8) is 0 Å². The number of methoxy groups -OCH3 is 1. The zero-order valence-corrected chi connectivity index (χ0v) is 12.1. The Hall–Kier alpha value is -2.07. The van der Waals surface area contributed by atoms with Gasteiger partial charge in [0, 0.05) is 17.8 Å². The second kappa shape index (κ2) is 8.17. The number of aliphatic hydroxyl groups is 1. The van der Waals surface area contributed by atoms with E-state index >= 15 is 0 Å². The maximum Gasteiger partial charge on any atom is 0.343 e. The summed E-state index contributed by atoms with van der Waals surface area (Å²) < 4.78 is 4.60. The SMILES string of the molecule is CCN=C/C(C(=O)OC)=C(\O)C=Cc1ccc(Cl)cc1. The van der Waals surface area contributed by atoms with E-state index in [0.29, 0.717) is 11.6 Å². The molecule has 1 aromatic carbocycles. The maximum atomic E-state index is 11.5. The van der Waals surface area contributed by atoms with Crippen LogP contribution >= 0.6 is 11.6 Å². The van der Waals surface area contributed by atoms with Crippen LogP contribution in [-0.4, -0.2) is 30.9 Å². The van der Waals surface area contributed by atoms with E-state index in [1.807, 2.05) is 6.92 Å². The van der Waals surface area contributed by atoms with Gasteiger partial charge < -0.3 is 9.84 Å². The molecule has 1 rings (SSSR count). The predicted octanol–water partition coefficient (Wildman–Crippen LogP) is 3.43. The zero-order chi connectivity index (χ0) is 15.0. The first-order valence-corrected chi connectivity index (χ1v) is 6.41. The molecular weight excluding hydrogens is 278 g/mol. The zero-order valence-electron chi connectivity index (χ0n) is 11.3. The number of aliphatic imine (C=N–C) groups is 1. The van der Waals surface area contributed by atoms with Crippen molar-refractivity contribution in [1.29, 1.82) is 0 Å². The number of nitrogens with zero attached hydrogens (tertiary/aromatic N) is 1. The Morgan fingerprint density at radius 2 is 2.05 bits per heavy atom. The van der Waals surface area contributed by atoms with Crippen LogP contribution in [0.2, 0.25) is 5.02 Å². The Balaban J connectivity index is 3.00. The van der Waals surface area contributed by atoms with Gasteiger partial charge in [0.2, 0.25) is 0 Å². The summed E-state index contributed by atoms with van der Waals surface area (Å²) in [6.45, 7) is 2.33. The van der Waals surface area contributed by atoms with Gasteiger partial charge in [0.1, 0.15) is 11.3 Å². The van der Waals surface area contributed by atoms with Crippen LogP contribution in [0.3, 0.4) is 0 Å². The van der Waals surface area contributed by atoms with Crippen molar-refractivity contribution in [3.8, 4) is 0 Å². The van der Waals surface area contributed by atoms with Crippen LogP contribution in [0.1, 0.15) is 12.5 Å². The van der Waals surface area contributed by atoms with Crippen LogP contribution in [0.15, 0.2) is 46.7 Å². The van der Waals surface area contributed by atoms with Gasteiger partial charge in [0.25, 0.3) is 0 Å². The van der Waals surface area contributed by atoms with Crippen molar-refractivity contribution in [2.75, 3.05) is 13.7 Å². The van der Waals surface area contributed by atoms with Crippen molar-refractivity contribution in [2.24, 2.45) is 4.99 Å². The summed E-state index contributed by atoms with van der Waals surface area (Å²) in [6, 6.07) is 7.07. The predicted molar refractivity (Wildman–Crippen MR) is 81.2 cm³/mol. The molecule has 0 saturated carbocycles. The fraction of sp³-hybridized carbons (Fsp3) is 0.200. The summed E-state index contributed by atoms with van der Waals surface area (Å²) >= 11 is 5.78. The Morgan fingerprint density at radius 3 is 2.60 bits per heavy atom. The lowest BCUT2D eigenvalue weighted by Crippen LogP contribution is -2.08. The summed E-state index contributed by atoms with van der Waals surface area (Å²) in [5.74, 6) is -0.843. The average Bonchev–Trinajstić information content (AvgIpc) is 2.46. The molecule has 0 heterocycles. The summed E-state index contributed by atoms with van der Waals surface area (Å²) in [6.07, 6.45) is 4.37. The number of hydrogen-bond donors (Lipinski definition) is 1. The molecule has 4 nitrogen and oxygen atoms in total. The Kier molecular flexibility index (Phi) is 6.53. The fourth-order valence-corrected chi connectivity index (χ4v) is 1.48. The molecule has 20 heavy (non-hydrogen) atoms. The molecule has 0 radical (unpaired) electrons. The molecule has 0 saturated heterocycles. The smallest absolute Gasteiger partial charge is 0.343 e. The molecule has 0 amide bonds. The highest BCUT2D eigenvalue weighted by Gasteiger charge is 2.11. The highest BCUT2D eigenvalue weighted by molar-refractivity contribution is 6.30. The van der Waals surface area contributed by atoms with Crippen molar-refractivity contribution >= 4 is 29.9 Å². The maximum absolute atomic E-state index is 11.5. The van der Waals surface area contributed by atoms with Crippen molar-refractivity contribution in [2.45, 2.75) is 6.92 Å². The summed E-state index contributed by atoms with van der Waals surface area (Å²) in [5.41, 5.74) is 0.858. The second-order valence-electron chi connectivity index (χ2n) is 3.80. The van der Waals surface area contributed by atoms with Gasteiger partial charge in [-0.15, -0.1) is 0 Å². The molecule has 0 bridgehead atoms. The Morgan fingerprint density at radius 1 is 1.40 bits per heavy atom. The first kappa shape index (κ1) is 16.0. The van der Waals surface area contributed by atoms with E-state index in [9.17, 15) is 9.90 Å². The number of carbonyl (C=O) groups is 1. The molecular formula is C15H16ClNO3. The number of halogens is 1. The summed E-state index contributed by atoms with van der Waals surface area (Å²) in [5, 5.41) is 10.6. The molecule has 0 aliphatic heterocycles. The second-order valence-corrected chi connectivity index (χ2v) is 4.24. The van der Waals surface area contributed by atoms with Crippen LogP contribution in [0.5, 0.6) is 0 Å². The van der Waals surface area contributed by atoms with E-state index in [-0.39, 0.29) is 11.3 Å². The lowest BCUT2D eigenvalue weighted by Gasteiger charge is -2.01. The van der Waals surface area contributed by atoms with E-state index in [1.54, 1.807) is 30.3 Å². The van der Waals surface area contributed by atoms with Crippen LogP contribution in [0.25, 0.3) is 6.08 Å². The minimum Gasteiger partial charge on any atom is -0.507 e. The number of benzene rings is 1. The third kappa shape index (κ3) is 4.90. The van der Waals surface area contributed by atoms with Gasteiger partial charge in [0.05, 0.1) is 7.11 Å². The van der Waals surface area contributed by atoms with Gasteiger partial charge in [-0.05, 0) is 30.7 Å². The Bertz CT molecular complexity index is 545. The Labute approximate surface area is 123 Å². The number of aliphatic hydroxyl groups excluding tert-OH is 1. The van der Waals surface area contributed by atoms with Gasteiger partial charge in [-0.2, -0.15) is 0 Å². The van der Waals surface area contributed by atoms with E-state index in [4.69, 9.17) is 11.6 Å². The topological polar surface area (TPSA) is 58.9 Å². The number of allylic oxidation sites excluding steroid dienone is 1. The monoisotopic (exact) mass is 293 g/mol. The standard InChI is InChI=1S/C15H16ClNO3/c1-3-17-10-13(15(19)20-2)14(18)9-6-11-4-7-12(16)8-5-11/h4-10,18H,3H2,1-2H3/b9-6?,14-13+,17-10?. The van der Waals surface area contributed by atoms with E-state index in [0.717, 1.165) is 5.56 Å². The molecule has 0 fully saturated rings. The molecule has 1 N–H and O–H groups in total. The van der Waals surface area contributed by atoms with Crippen LogP contribution in [0, 0.1) is 0 Å². The molecule has 0 aliphatic rings. The van der Waals surface area contributed by atoms with Gasteiger partial charge in [-0.3, -0.25) is 4.99 Å². The minimum absolute atomic E-state index is 0.0135. The van der Waals surface area contributed by atoms with Crippen molar-refractivity contribution in [3.05, 3.63) is 52.3 Å². The highest BCUT2D eigenvalue weighted by atomic mass is 35.5. The third-order valence-corrected chi connectivity index (χ3v) is 2.64. The normalized spacial score (nSPS) is 12.8. The first-order chi connectivity index (χ1) is 9.58. The number of carbonyl (C=O) groups excluding carboxylic acids is 1. The van der Waals surface area contributed by atoms with Gasteiger partial charge >= 0.3 is 5.97 Å². The number of rotatable bonds is 5. The molecule has 0 atom stereocenters. The lowest BCUT2D eigenvalue weighted by molar-refractivity contribution is -0.135. The van der Waals surface area contributed by atoms with E-state index in [1.165, 1.54) is 19.4 Å². The molecule has 0 unspecified atom stereocenters. The van der Waals surface area contributed by atoms with Gasteiger partial charge in [-0.25, -0.2) is 4.79 Å². The van der Waals surface area contributed by atoms with Gasteiger partial charge in [-0.1, -0.05) is 29.8 Å². The molecule has 0 spiro atoms. The van der Waals surface area contributed by atoms with Gasteiger partial charge in [0.15, 0.2) is 0 Å². The molecule has 0 aromatic heterocycles. The molecule has 1 aromatic rings. The number of esters is 1.